The third-order valence-electron chi connectivity index (χ3n) is 4.60. The molecular formula is C23H31N5O5. The third-order valence-corrected chi connectivity index (χ3v) is 4.60. The lowest BCUT2D eigenvalue weighted by Gasteiger charge is -2.11. The fourth-order valence-electron chi connectivity index (χ4n) is 2.60. The Morgan fingerprint density at radius 3 is 2.45 bits per heavy atom. The third kappa shape index (κ3) is 9.16. The van der Waals surface area contributed by atoms with Gasteiger partial charge in [0.05, 0.1) is 24.8 Å². The molecule has 33 heavy (non-hydrogen) atoms. The molecule has 1 aliphatic rings. The molecule has 2 aromatic heterocycles. The second-order valence-corrected chi connectivity index (χ2v) is 7.12. The molecule has 0 unspecified atom stereocenters. The summed E-state index contributed by atoms with van der Waals surface area (Å²) in [5.74, 6) is -0.452. The Labute approximate surface area is 193 Å². The minimum atomic E-state index is -0.617. The van der Waals surface area contributed by atoms with Gasteiger partial charge in [0.25, 0.3) is 5.91 Å². The number of nitrogens with one attached hydrogen (secondary N) is 3. The fourth-order valence-corrected chi connectivity index (χ4v) is 2.60. The van der Waals surface area contributed by atoms with Crippen LogP contribution in [0.1, 0.15) is 36.3 Å². The van der Waals surface area contributed by atoms with Crippen molar-refractivity contribution in [2.75, 3.05) is 26.8 Å². The number of hydrogen-bond donors (Lipinski definition) is 3. The van der Waals surface area contributed by atoms with Gasteiger partial charge in [-0.2, -0.15) is 0 Å². The molecule has 0 atom stereocenters. The lowest BCUT2D eigenvalue weighted by molar-refractivity contribution is -0.125. The Morgan fingerprint density at radius 1 is 1.18 bits per heavy atom. The molecule has 0 aliphatic carbocycles. The van der Waals surface area contributed by atoms with E-state index < -0.39 is 5.91 Å². The predicted octanol–water partition coefficient (Wildman–Crippen LogP) is 2.24. The number of carbonyl (C=O) groups excluding carboxylic acids is 2. The Kier molecular flexibility index (Phi) is 10.6. The molecule has 10 nitrogen and oxygen atoms in total. The van der Waals surface area contributed by atoms with Gasteiger partial charge in [-0.15, -0.1) is 0 Å². The van der Waals surface area contributed by atoms with E-state index in [9.17, 15) is 9.59 Å². The van der Waals surface area contributed by atoms with Crippen molar-refractivity contribution in [1.29, 1.82) is 0 Å². The van der Waals surface area contributed by atoms with Gasteiger partial charge in [-0.3, -0.25) is 9.59 Å². The van der Waals surface area contributed by atoms with Gasteiger partial charge in [-0.05, 0) is 38.3 Å². The molecule has 0 aromatic carbocycles. The number of aromatic amines is 1. The van der Waals surface area contributed by atoms with Gasteiger partial charge in [0.1, 0.15) is 23.8 Å². The van der Waals surface area contributed by atoms with Crippen molar-refractivity contribution < 1.29 is 23.8 Å². The van der Waals surface area contributed by atoms with E-state index in [0.29, 0.717) is 18.1 Å². The van der Waals surface area contributed by atoms with Crippen molar-refractivity contribution in [3.8, 4) is 5.75 Å². The topological polar surface area (TPSA) is 127 Å². The predicted molar refractivity (Wildman–Crippen MR) is 123 cm³/mol. The number of H-pyrrole nitrogens is 1. The van der Waals surface area contributed by atoms with Crippen LogP contribution in [0.4, 0.5) is 0 Å². The Morgan fingerprint density at radius 2 is 1.94 bits per heavy atom. The molecule has 0 spiro atoms. The molecule has 3 heterocycles. The molecule has 2 aromatic rings. The van der Waals surface area contributed by atoms with Crippen LogP contribution in [0.5, 0.6) is 5.75 Å². The van der Waals surface area contributed by atoms with E-state index in [1.165, 1.54) is 32.5 Å². The van der Waals surface area contributed by atoms with Crippen LogP contribution in [0, 0.1) is 6.92 Å². The van der Waals surface area contributed by atoms with Crippen LogP contribution in [-0.4, -0.2) is 53.6 Å². The molecule has 3 N–H and O–H groups in total. The van der Waals surface area contributed by atoms with Crippen molar-refractivity contribution >= 4 is 17.6 Å². The maximum Gasteiger partial charge on any atom is 0.286 e. The van der Waals surface area contributed by atoms with Crippen LogP contribution in [0.15, 0.2) is 43.6 Å². The summed E-state index contributed by atoms with van der Waals surface area (Å²) >= 11 is 0. The number of amides is 2. The molecule has 0 radical (unpaired) electrons. The number of pyridine rings is 1. The molecule has 178 valence electrons. The number of carbonyl (C=O) groups is 2. The van der Waals surface area contributed by atoms with Crippen LogP contribution in [0.25, 0.3) is 5.76 Å². The molecule has 1 aliphatic heterocycles. The van der Waals surface area contributed by atoms with E-state index in [0.717, 1.165) is 24.6 Å². The molecule has 10 heteroatoms. The van der Waals surface area contributed by atoms with Crippen molar-refractivity contribution in [3.05, 3.63) is 60.7 Å². The Balaban J connectivity index is 0.000000554. The quantitative estimate of drug-likeness (QED) is 0.389. The van der Waals surface area contributed by atoms with Gasteiger partial charge < -0.3 is 29.8 Å². The summed E-state index contributed by atoms with van der Waals surface area (Å²) in [4.78, 5) is 34.2. The normalized spacial score (nSPS) is 12.5. The zero-order valence-electron chi connectivity index (χ0n) is 19.1. The summed E-state index contributed by atoms with van der Waals surface area (Å²) < 4.78 is 16.0. The van der Waals surface area contributed by atoms with E-state index in [4.69, 9.17) is 14.2 Å². The fraction of sp³-hybridized carbons (Fsp3) is 0.391. The van der Waals surface area contributed by atoms with Crippen LogP contribution in [0.2, 0.25) is 0 Å². The maximum atomic E-state index is 11.8. The lowest BCUT2D eigenvalue weighted by atomic mass is 10.2. The van der Waals surface area contributed by atoms with Crippen molar-refractivity contribution in [2.24, 2.45) is 0 Å². The van der Waals surface area contributed by atoms with E-state index in [-0.39, 0.29) is 24.0 Å². The first-order valence-corrected chi connectivity index (χ1v) is 10.6. The highest BCUT2D eigenvalue weighted by atomic mass is 16.5. The van der Waals surface area contributed by atoms with E-state index in [2.05, 4.69) is 38.7 Å². The van der Waals surface area contributed by atoms with Gasteiger partial charge in [0.15, 0.2) is 5.76 Å². The molecule has 2 amide bonds. The van der Waals surface area contributed by atoms with Gasteiger partial charge in [-0.25, -0.2) is 9.97 Å². The molecule has 0 saturated carbocycles. The minimum absolute atomic E-state index is 0.143. The largest absolute Gasteiger partial charge is 0.486 e. The SMILES string of the molecule is C1CCOCC1.C=C(OC(=C)c1ccc(OCc2nc[nH]c2C)cn1)C(=O)NCC(=O)NC. The molecule has 0 bridgehead atoms. The first-order chi connectivity index (χ1) is 15.9. The summed E-state index contributed by atoms with van der Waals surface area (Å²) in [6, 6.07) is 3.35. The number of nitrogens with zero attached hydrogens (tertiary/aromatic N) is 2. The summed E-state index contributed by atoms with van der Waals surface area (Å²) in [5.41, 5.74) is 2.17. The van der Waals surface area contributed by atoms with Crippen molar-refractivity contribution in [2.45, 2.75) is 32.8 Å². The monoisotopic (exact) mass is 457 g/mol. The Bertz CT molecular complexity index is 923. The minimum Gasteiger partial charge on any atom is -0.486 e. The standard InChI is InChI=1S/C18H21N5O4.C5H10O/c1-11-16(23-10-22-11)9-26-14-5-6-15(20-7-14)12(2)27-13(3)18(25)21-8-17(24)19-4;1-2-4-6-5-3-1/h5-7,10H,2-3,8-9H2,1,4H3,(H,19,24)(H,21,25)(H,22,23);1-5H2. The van der Waals surface area contributed by atoms with Gasteiger partial charge >= 0.3 is 0 Å². The first-order valence-electron chi connectivity index (χ1n) is 10.6. The first kappa shape index (κ1) is 25.6. The van der Waals surface area contributed by atoms with Gasteiger partial charge in [0.2, 0.25) is 5.91 Å². The second-order valence-electron chi connectivity index (χ2n) is 7.12. The van der Waals surface area contributed by atoms with Crippen LogP contribution in [0.3, 0.4) is 0 Å². The number of hydrogen-bond acceptors (Lipinski definition) is 7. The van der Waals surface area contributed by atoms with Crippen LogP contribution >= 0.6 is 0 Å². The smallest absolute Gasteiger partial charge is 0.286 e. The summed E-state index contributed by atoms with van der Waals surface area (Å²) in [7, 11) is 1.47. The van der Waals surface area contributed by atoms with Crippen molar-refractivity contribution in [3.63, 3.8) is 0 Å². The highest BCUT2D eigenvalue weighted by Crippen LogP contribution is 2.18. The lowest BCUT2D eigenvalue weighted by Crippen LogP contribution is -2.36. The maximum absolute atomic E-state index is 11.8. The van der Waals surface area contributed by atoms with E-state index >= 15 is 0 Å². The zero-order valence-corrected chi connectivity index (χ0v) is 19.1. The number of imidazole rings is 1. The van der Waals surface area contributed by atoms with E-state index in [1.807, 2.05) is 6.92 Å². The summed E-state index contributed by atoms with van der Waals surface area (Å²) in [5, 5.41) is 4.75. The average Bonchev–Trinajstić information content (AvgIpc) is 3.27. The van der Waals surface area contributed by atoms with Gasteiger partial charge in [-0.1, -0.05) is 13.2 Å². The number of aromatic nitrogens is 3. The highest BCUT2D eigenvalue weighted by Gasteiger charge is 2.13. The van der Waals surface area contributed by atoms with E-state index in [1.54, 1.807) is 18.5 Å². The number of likely N-dealkylation sites (N-methyl/N-ethyl adjacent to an activating group) is 1. The second kappa shape index (κ2) is 13.7. The number of rotatable bonds is 9. The summed E-state index contributed by atoms with van der Waals surface area (Å²) in [6.45, 7) is 11.3. The zero-order chi connectivity index (χ0) is 24.1. The average molecular weight is 458 g/mol. The number of aryl methyl sites for hydroxylation is 1. The molecule has 1 saturated heterocycles. The molecule has 1 fully saturated rings. The highest BCUT2D eigenvalue weighted by molar-refractivity contribution is 5.94. The van der Waals surface area contributed by atoms with Crippen LogP contribution < -0.4 is 15.4 Å². The summed E-state index contributed by atoms with van der Waals surface area (Å²) in [6.07, 6.45) is 7.05. The number of ether oxygens (including phenoxy) is 3. The van der Waals surface area contributed by atoms with Crippen molar-refractivity contribution in [1.82, 2.24) is 25.6 Å². The molecular weight excluding hydrogens is 426 g/mol. The van der Waals surface area contributed by atoms with Crippen LogP contribution in [-0.2, 0) is 25.7 Å². The Hall–Kier alpha value is -3.66. The molecule has 3 rings (SSSR count). The van der Waals surface area contributed by atoms with Gasteiger partial charge in [0, 0.05) is 26.0 Å².